The Morgan fingerprint density at radius 1 is 1.22 bits per heavy atom. The first-order chi connectivity index (χ1) is 13.2. The normalized spacial score (nSPS) is 16.2. The third kappa shape index (κ3) is 3.85. The molecule has 7 heteroatoms. The van der Waals surface area contributed by atoms with Gasteiger partial charge in [-0.2, -0.15) is 0 Å². The Morgan fingerprint density at radius 3 is 2.70 bits per heavy atom. The molecule has 27 heavy (non-hydrogen) atoms. The van der Waals surface area contributed by atoms with E-state index in [0.29, 0.717) is 44.2 Å². The highest BCUT2D eigenvalue weighted by molar-refractivity contribution is 9.10. The first-order valence-electron chi connectivity index (χ1n) is 8.78. The molecular weight excluding hydrogens is 428 g/mol. The summed E-state index contributed by atoms with van der Waals surface area (Å²) in [6.45, 7) is 1.50. The molecule has 5 nitrogen and oxygen atoms in total. The van der Waals surface area contributed by atoms with Crippen molar-refractivity contribution in [2.75, 3.05) is 13.2 Å². The fourth-order valence-electron chi connectivity index (χ4n) is 3.38. The summed E-state index contributed by atoms with van der Waals surface area (Å²) in [7, 11) is 0. The second-order valence-electron chi connectivity index (χ2n) is 6.51. The van der Waals surface area contributed by atoms with Crippen LogP contribution in [0.3, 0.4) is 0 Å². The van der Waals surface area contributed by atoms with Gasteiger partial charge in [-0.05, 0) is 42.0 Å². The standard InChI is InChI=1S/C20H19BrN2O3S/c21-15-5-3-14(4-6-15)20(7-9-25-10-8-20)19(24)22-12-16-13-26-18(23-16)17-2-1-11-27-17/h1-6,11,13H,7-10,12H2,(H,22,24). The minimum absolute atomic E-state index is 0.00814. The second-order valence-corrected chi connectivity index (χ2v) is 8.37. The number of nitrogens with one attached hydrogen (secondary N) is 1. The van der Waals surface area contributed by atoms with E-state index in [4.69, 9.17) is 9.15 Å². The number of benzene rings is 1. The van der Waals surface area contributed by atoms with E-state index in [-0.39, 0.29) is 5.91 Å². The lowest BCUT2D eigenvalue weighted by molar-refractivity contribution is -0.130. The van der Waals surface area contributed by atoms with Crippen molar-refractivity contribution in [3.05, 3.63) is 63.8 Å². The van der Waals surface area contributed by atoms with Gasteiger partial charge in [-0.15, -0.1) is 11.3 Å². The average Bonchev–Trinajstić information content (AvgIpc) is 3.39. The van der Waals surface area contributed by atoms with Crippen LogP contribution in [0.1, 0.15) is 24.1 Å². The van der Waals surface area contributed by atoms with E-state index in [0.717, 1.165) is 14.9 Å². The molecule has 0 saturated carbocycles. The van der Waals surface area contributed by atoms with Gasteiger partial charge in [0, 0.05) is 17.7 Å². The summed E-state index contributed by atoms with van der Waals surface area (Å²) in [6, 6.07) is 11.9. The molecule has 0 atom stereocenters. The Labute approximate surface area is 169 Å². The van der Waals surface area contributed by atoms with Crippen LogP contribution in [-0.2, 0) is 21.5 Å². The predicted octanol–water partition coefficient (Wildman–Crippen LogP) is 4.53. The maximum Gasteiger partial charge on any atom is 0.236 e. The molecule has 0 radical (unpaired) electrons. The fraction of sp³-hybridized carbons (Fsp3) is 0.300. The van der Waals surface area contributed by atoms with E-state index >= 15 is 0 Å². The molecule has 1 N–H and O–H groups in total. The van der Waals surface area contributed by atoms with E-state index < -0.39 is 5.41 Å². The van der Waals surface area contributed by atoms with Gasteiger partial charge >= 0.3 is 0 Å². The highest BCUT2D eigenvalue weighted by Gasteiger charge is 2.41. The highest BCUT2D eigenvalue weighted by Crippen LogP contribution is 2.36. The van der Waals surface area contributed by atoms with E-state index in [2.05, 4.69) is 26.2 Å². The van der Waals surface area contributed by atoms with E-state index in [1.807, 2.05) is 41.8 Å². The quantitative estimate of drug-likeness (QED) is 0.624. The van der Waals surface area contributed by atoms with Gasteiger partial charge in [-0.25, -0.2) is 4.98 Å². The van der Waals surface area contributed by atoms with Gasteiger partial charge in [0.25, 0.3) is 0 Å². The summed E-state index contributed by atoms with van der Waals surface area (Å²) in [5.74, 6) is 0.594. The van der Waals surface area contributed by atoms with Crippen LogP contribution in [0.25, 0.3) is 10.8 Å². The number of ether oxygens (including phenoxy) is 1. The lowest BCUT2D eigenvalue weighted by Crippen LogP contribution is -2.47. The Kier molecular flexibility index (Phi) is 5.43. The molecule has 0 unspecified atom stereocenters. The summed E-state index contributed by atoms with van der Waals surface area (Å²) in [4.78, 5) is 18.6. The molecule has 1 aliphatic rings. The van der Waals surface area contributed by atoms with Gasteiger partial charge in [-0.3, -0.25) is 4.79 Å². The molecule has 0 bridgehead atoms. The molecule has 0 spiro atoms. The summed E-state index contributed by atoms with van der Waals surface area (Å²) in [5, 5.41) is 5.04. The van der Waals surface area contributed by atoms with Gasteiger partial charge in [0.15, 0.2) is 0 Å². The zero-order valence-electron chi connectivity index (χ0n) is 14.6. The molecule has 2 aromatic heterocycles. The van der Waals surface area contributed by atoms with Crippen molar-refractivity contribution >= 4 is 33.2 Å². The van der Waals surface area contributed by atoms with E-state index in [9.17, 15) is 4.79 Å². The van der Waals surface area contributed by atoms with E-state index in [1.165, 1.54) is 0 Å². The number of nitrogens with zero attached hydrogens (tertiary/aromatic N) is 1. The number of oxazole rings is 1. The summed E-state index contributed by atoms with van der Waals surface area (Å²) >= 11 is 5.03. The topological polar surface area (TPSA) is 64.4 Å². The number of hydrogen-bond donors (Lipinski definition) is 1. The highest BCUT2D eigenvalue weighted by atomic mass is 79.9. The molecule has 1 fully saturated rings. The van der Waals surface area contributed by atoms with Gasteiger partial charge in [0.1, 0.15) is 6.26 Å². The Balaban J connectivity index is 1.50. The zero-order valence-corrected chi connectivity index (χ0v) is 17.0. The van der Waals surface area contributed by atoms with Crippen molar-refractivity contribution < 1.29 is 13.9 Å². The van der Waals surface area contributed by atoms with Crippen LogP contribution in [0, 0.1) is 0 Å². The van der Waals surface area contributed by atoms with Gasteiger partial charge < -0.3 is 14.5 Å². The molecule has 4 rings (SSSR count). The molecule has 0 aliphatic carbocycles. The van der Waals surface area contributed by atoms with Crippen molar-refractivity contribution in [1.29, 1.82) is 0 Å². The van der Waals surface area contributed by atoms with Crippen LogP contribution in [0.2, 0.25) is 0 Å². The first-order valence-corrected chi connectivity index (χ1v) is 10.4. The molecule has 1 saturated heterocycles. The number of amides is 1. The number of carbonyl (C=O) groups excluding carboxylic acids is 1. The van der Waals surface area contributed by atoms with Gasteiger partial charge in [0.05, 0.1) is 22.5 Å². The maximum absolute atomic E-state index is 13.2. The van der Waals surface area contributed by atoms with Crippen LogP contribution in [0.4, 0.5) is 0 Å². The summed E-state index contributed by atoms with van der Waals surface area (Å²) in [5.41, 5.74) is 1.16. The maximum atomic E-state index is 13.2. The second kappa shape index (κ2) is 7.96. The SMILES string of the molecule is O=C(NCc1coc(-c2cccs2)n1)C1(c2ccc(Br)cc2)CCOCC1. The van der Waals surface area contributed by atoms with Crippen LogP contribution in [0.15, 0.2) is 56.9 Å². The fourth-order valence-corrected chi connectivity index (χ4v) is 4.30. The molecule has 3 heterocycles. The average molecular weight is 447 g/mol. The van der Waals surface area contributed by atoms with Gasteiger partial charge in [0.2, 0.25) is 11.8 Å². The Bertz CT molecular complexity index is 900. The first kappa shape index (κ1) is 18.4. The van der Waals surface area contributed by atoms with Crippen LogP contribution >= 0.6 is 27.3 Å². The Hall–Kier alpha value is -1.96. The Morgan fingerprint density at radius 2 is 2.00 bits per heavy atom. The predicted molar refractivity (Wildman–Crippen MR) is 108 cm³/mol. The van der Waals surface area contributed by atoms with Gasteiger partial charge in [-0.1, -0.05) is 34.1 Å². The zero-order chi connectivity index (χ0) is 18.7. The number of aromatic nitrogens is 1. The number of halogens is 1. The van der Waals surface area contributed by atoms with Crippen molar-refractivity contribution in [3.8, 4) is 10.8 Å². The summed E-state index contributed by atoms with van der Waals surface area (Å²) < 4.78 is 12.0. The van der Waals surface area contributed by atoms with Crippen LogP contribution < -0.4 is 5.32 Å². The number of rotatable bonds is 5. The van der Waals surface area contributed by atoms with Crippen molar-refractivity contribution in [3.63, 3.8) is 0 Å². The number of hydrogen-bond acceptors (Lipinski definition) is 5. The monoisotopic (exact) mass is 446 g/mol. The lowest BCUT2D eigenvalue weighted by atomic mass is 9.73. The third-order valence-corrected chi connectivity index (χ3v) is 6.28. The largest absolute Gasteiger partial charge is 0.443 e. The number of carbonyl (C=O) groups is 1. The minimum atomic E-state index is -0.570. The molecule has 1 aliphatic heterocycles. The van der Waals surface area contributed by atoms with Crippen LogP contribution in [0.5, 0.6) is 0 Å². The molecular formula is C20H19BrN2O3S. The van der Waals surface area contributed by atoms with E-state index in [1.54, 1.807) is 17.6 Å². The molecule has 1 amide bonds. The molecule has 140 valence electrons. The molecule has 3 aromatic rings. The van der Waals surface area contributed by atoms with Crippen LogP contribution in [-0.4, -0.2) is 24.1 Å². The smallest absolute Gasteiger partial charge is 0.236 e. The third-order valence-electron chi connectivity index (χ3n) is 4.89. The lowest BCUT2D eigenvalue weighted by Gasteiger charge is -2.36. The summed E-state index contributed by atoms with van der Waals surface area (Å²) in [6.07, 6.45) is 2.94. The minimum Gasteiger partial charge on any atom is -0.443 e. The van der Waals surface area contributed by atoms with Crippen molar-refractivity contribution in [1.82, 2.24) is 10.3 Å². The van der Waals surface area contributed by atoms with Crippen molar-refractivity contribution in [2.45, 2.75) is 24.8 Å². The van der Waals surface area contributed by atoms with Crippen molar-refractivity contribution in [2.24, 2.45) is 0 Å². The molecule has 1 aromatic carbocycles. The number of thiophene rings is 1.